The highest BCUT2D eigenvalue weighted by Gasteiger charge is 2.50. The smallest absolute Gasteiger partial charge is 0.188 e. The van der Waals surface area contributed by atoms with Crippen LogP contribution in [0.25, 0.3) is 21.4 Å². The van der Waals surface area contributed by atoms with Crippen LogP contribution >= 0.6 is 22.7 Å². The van der Waals surface area contributed by atoms with E-state index in [0.717, 1.165) is 56.4 Å². The molecule has 7 atom stereocenters. The third kappa shape index (κ3) is 6.72. The van der Waals surface area contributed by atoms with Crippen molar-refractivity contribution in [3.8, 4) is 27.3 Å². The molecule has 7 nitrogen and oxygen atoms in total. The van der Waals surface area contributed by atoms with Crippen molar-refractivity contribution >= 4 is 51.8 Å². The van der Waals surface area contributed by atoms with E-state index in [-0.39, 0.29) is 47.2 Å². The van der Waals surface area contributed by atoms with Gasteiger partial charge in [-0.3, -0.25) is 9.79 Å². The van der Waals surface area contributed by atoms with E-state index >= 15 is 0 Å². The Bertz CT molecular complexity index is 2120. The lowest BCUT2D eigenvalue weighted by atomic mass is 9.59. The number of aliphatic hydroxyl groups excluding tert-OH is 1. The molecule has 0 radical (unpaired) electrons. The van der Waals surface area contributed by atoms with E-state index < -0.39 is 6.10 Å². The number of ketones is 1. The van der Waals surface area contributed by atoms with Crippen LogP contribution in [0.5, 0.6) is 5.75 Å². The maximum Gasteiger partial charge on any atom is 0.188 e. The Morgan fingerprint density at radius 2 is 1.86 bits per heavy atom. The van der Waals surface area contributed by atoms with Crippen molar-refractivity contribution in [2.24, 2.45) is 34.4 Å². The molecule has 50 heavy (non-hydrogen) atoms. The first-order valence-corrected chi connectivity index (χ1v) is 19.1. The number of anilines is 1. The quantitative estimate of drug-likeness (QED) is 0.0674. The number of thiophene rings is 2. The summed E-state index contributed by atoms with van der Waals surface area (Å²) in [6.45, 7) is 3.96. The number of aliphatic imine (C=N–C) groups is 1. The molecule has 6 N–H and O–H groups in total. The van der Waals surface area contributed by atoms with E-state index in [0.29, 0.717) is 12.5 Å². The van der Waals surface area contributed by atoms with Crippen LogP contribution in [-0.4, -0.2) is 47.7 Å². The van der Waals surface area contributed by atoms with Crippen LogP contribution in [0.4, 0.5) is 5.69 Å². The molecular formula is C41H44N4O3S2. The Labute approximate surface area is 301 Å². The average Bonchev–Trinajstić information content (AvgIpc) is 3.76. The van der Waals surface area contributed by atoms with Gasteiger partial charge >= 0.3 is 0 Å². The number of benzene rings is 2. The van der Waals surface area contributed by atoms with Crippen molar-refractivity contribution in [3.63, 3.8) is 0 Å². The maximum atomic E-state index is 14.6. The lowest BCUT2D eigenvalue weighted by Gasteiger charge is -2.47. The van der Waals surface area contributed by atoms with E-state index in [4.69, 9.17) is 5.73 Å². The zero-order chi connectivity index (χ0) is 34.9. The average molecular weight is 705 g/mol. The second-order valence-corrected chi connectivity index (χ2v) is 15.9. The fourth-order valence-corrected chi connectivity index (χ4v) is 10.6. The van der Waals surface area contributed by atoms with Crippen LogP contribution in [0.1, 0.15) is 65.6 Å². The summed E-state index contributed by atoms with van der Waals surface area (Å²) >= 11 is 3.25. The first-order chi connectivity index (χ1) is 24.2. The maximum absolute atomic E-state index is 14.6. The second-order valence-electron chi connectivity index (χ2n) is 13.8. The topological polar surface area (TPSA) is 120 Å². The predicted octanol–water partition coefficient (Wildman–Crippen LogP) is 5.91. The first-order valence-electron chi connectivity index (χ1n) is 17.5. The van der Waals surface area contributed by atoms with E-state index in [1.54, 1.807) is 42.7 Å². The van der Waals surface area contributed by atoms with Gasteiger partial charge in [-0.25, -0.2) is 0 Å². The molecule has 0 saturated heterocycles. The van der Waals surface area contributed by atoms with Crippen molar-refractivity contribution < 1.29 is 15.0 Å². The lowest BCUT2D eigenvalue weighted by molar-refractivity contribution is 0.0757. The summed E-state index contributed by atoms with van der Waals surface area (Å²) in [5, 5.41) is 30.2. The number of fused-ring (bicyclic) bond motifs is 1. The largest absolute Gasteiger partial charge is 0.508 e. The van der Waals surface area contributed by atoms with E-state index in [1.807, 2.05) is 25.1 Å². The van der Waals surface area contributed by atoms with E-state index in [2.05, 4.69) is 76.0 Å². The van der Waals surface area contributed by atoms with Gasteiger partial charge in [0.05, 0.1) is 15.9 Å². The molecule has 0 spiro atoms. The van der Waals surface area contributed by atoms with Gasteiger partial charge in [-0.1, -0.05) is 41.8 Å². The number of Topliss-reactive ketones (excluding diaryl/α,β-unsaturated/α-hetero) is 1. The molecule has 9 heteroatoms. The summed E-state index contributed by atoms with van der Waals surface area (Å²) in [5.41, 5.74) is 9.64. The monoisotopic (exact) mass is 704 g/mol. The fourth-order valence-electron chi connectivity index (χ4n) is 8.59. The number of hydrogen-bond donors (Lipinski definition) is 5. The number of hydrogen-bond acceptors (Lipinski definition) is 7. The number of nitrogens with two attached hydrogens (primary N) is 1. The molecule has 2 saturated carbocycles. The van der Waals surface area contributed by atoms with Crippen LogP contribution in [0.15, 0.2) is 71.7 Å². The molecule has 2 heterocycles. The van der Waals surface area contributed by atoms with Crippen molar-refractivity contribution in [2.45, 2.75) is 57.6 Å². The van der Waals surface area contributed by atoms with Gasteiger partial charge in [-0.15, -0.1) is 28.6 Å². The normalized spacial score (nSPS) is 24.8. The zero-order valence-corrected chi connectivity index (χ0v) is 30.3. The second kappa shape index (κ2) is 14.5. The van der Waals surface area contributed by atoms with Gasteiger partial charge in [-0.05, 0) is 110 Å². The van der Waals surface area contributed by atoms with Crippen molar-refractivity contribution in [1.29, 1.82) is 0 Å². The fraction of sp³-hybridized carbons (Fsp3) is 0.366. The Morgan fingerprint density at radius 1 is 1.06 bits per heavy atom. The molecule has 0 bridgehead atoms. The Hall–Kier alpha value is -4.36. The highest BCUT2D eigenvalue weighted by molar-refractivity contribution is 7.23. The summed E-state index contributed by atoms with van der Waals surface area (Å²) in [6.07, 6.45) is 5.19. The van der Waals surface area contributed by atoms with Gasteiger partial charge in [0.1, 0.15) is 5.75 Å². The standard InChI is InChI=1S/C41H44N4O3S2/c1-4-7-28-10-15-35(49-28)36-16-17-37(50-36)40(48)32-13-14-33-38-31(29-9-6-5-8-24(29)20-34(32)38)12-11-30(39(33)45-41(42)43-3)25-18-26(21-27(47)19-25)44-22-23(2)46/h5-6,8-10,15-21,23,30,32-34,38-39,44,46-47H,11-14,22H2,1-3H3,(H3,42,43,45)/t23-,30+,32-,33-,34+,38+,39+/m0/s1. The Balaban J connectivity index is 1.28. The molecule has 0 amide bonds. The molecule has 0 unspecified atom stereocenters. The molecule has 0 aliphatic heterocycles. The molecule has 2 aromatic heterocycles. The number of rotatable bonds is 8. The van der Waals surface area contributed by atoms with Crippen molar-refractivity contribution in [2.75, 3.05) is 18.9 Å². The summed E-state index contributed by atoms with van der Waals surface area (Å²) < 4.78 is 0. The molecule has 3 aliphatic rings. The Morgan fingerprint density at radius 3 is 2.66 bits per heavy atom. The summed E-state index contributed by atoms with van der Waals surface area (Å²) in [6, 6.07) is 22.5. The van der Waals surface area contributed by atoms with Crippen LogP contribution in [-0.2, 0) is 0 Å². The minimum Gasteiger partial charge on any atom is -0.508 e. The molecule has 4 aromatic rings. The van der Waals surface area contributed by atoms with Crippen molar-refractivity contribution in [3.05, 3.63) is 92.5 Å². The lowest BCUT2D eigenvalue weighted by Crippen LogP contribution is -2.53. The highest BCUT2D eigenvalue weighted by Crippen LogP contribution is 2.53. The van der Waals surface area contributed by atoms with E-state index in [1.165, 1.54) is 16.0 Å². The van der Waals surface area contributed by atoms with Gasteiger partial charge in [0, 0.05) is 53.0 Å². The third-order valence-electron chi connectivity index (χ3n) is 10.7. The van der Waals surface area contributed by atoms with Crippen molar-refractivity contribution in [1.82, 2.24) is 5.32 Å². The number of carbonyl (C=O) groups is 1. The number of phenols is 1. The minimum absolute atomic E-state index is 0.0191. The number of aliphatic hydroxyl groups is 1. The zero-order valence-electron chi connectivity index (χ0n) is 28.6. The van der Waals surface area contributed by atoms with Crippen LogP contribution in [0, 0.1) is 35.5 Å². The first kappa shape index (κ1) is 34.1. The highest BCUT2D eigenvalue weighted by atomic mass is 32.1. The number of aromatic hydroxyl groups is 1. The number of phenolic OH excluding ortho intramolecular Hbond substituents is 1. The van der Waals surface area contributed by atoms with E-state index in [9.17, 15) is 15.0 Å². The van der Waals surface area contributed by atoms with Gasteiger partial charge in [0.15, 0.2) is 11.7 Å². The van der Waals surface area contributed by atoms with Gasteiger partial charge in [0.2, 0.25) is 0 Å². The molecule has 7 rings (SSSR count). The predicted molar refractivity (Wildman–Crippen MR) is 206 cm³/mol. The molecule has 2 aromatic carbocycles. The number of carbonyl (C=O) groups excluding carboxylic acids is 1. The van der Waals surface area contributed by atoms with Gasteiger partial charge in [0.25, 0.3) is 0 Å². The molecule has 258 valence electrons. The van der Waals surface area contributed by atoms with Crippen LogP contribution in [0.2, 0.25) is 0 Å². The minimum atomic E-state index is -0.524. The number of nitrogens with zero attached hydrogens (tertiary/aromatic N) is 1. The number of guanidine groups is 1. The third-order valence-corrected chi connectivity index (χ3v) is 13.0. The Kier molecular flexibility index (Phi) is 9.87. The summed E-state index contributed by atoms with van der Waals surface area (Å²) in [7, 11) is 1.70. The molecule has 2 fully saturated rings. The molecule has 3 aliphatic carbocycles. The number of nitrogens with one attached hydrogen (secondary N) is 2. The SMILES string of the molecule is CC#Cc1ccc(-c2ccc(C(=O)[C@H]3CC[C@@H]4[C@H](NC(N)=NC)[C@@H](c5cc(O)cc(NC[C@H](C)O)c5)CCC5=c6ccccc6=C[C@H]3[C@H]54)s2)s1. The van der Waals surface area contributed by atoms with Crippen LogP contribution in [0.3, 0.4) is 0 Å². The molecular weight excluding hydrogens is 661 g/mol. The van der Waals surface area contributed by atoms with Gasteiger partial charge in [-0.2, -0.15) is 0 Å². The summed E-state index contributed by atoms with van der Waals surface area (Å²) in [5.74, 6) is 7.17. The van der Waals surface area contributed by atoms with Crippen LogP contribution < -0.4 is 26.8 Å². The van der Waals surface area contributed by atoms with Gasteiger partial charge < -0.3 is 26.6 Å². The summed E-state index contributed by atoms with van der Waals surface area (Å²) in [4.78, 5) is 23.0.